The highest BCUT2D eigenvalue weighted by Crippen LogP contribution is 2.33. The van der Waals surface area contributed by atoms with Crippen molar-refractivity contribution >= 4 is 0 Å². The van der Waals surface area contributed by atoms with Gasteiger partial charge < -0.3 is 5.11 Å². The van der Waals surface area contributed by atoms with Crippen LogP contribution in [-0.2, 0) is 0 Å². The minimum absolute atomic E-state index is 0.00204. The summed E-state index contributed by atoms with van der Waals surface area (Å²) < 4.78 is 13.3. The Kier molecular flexibility index (Phi) is 2.76. The van der Waals surface area contributed by atoms with Crippen LogP contribution in [0.15, 0.2) is 6.07 Å². The molecule has 0 aliphatic rings. The van der Waals surface area contributed by atoms with Crippen molar-refractivity contribution in [3.63, 3.8) is 0 Å². The van der Waals surface area contributed by atoms with E-state index in [1.54, 1.807) is 13.0 Å². The van der Waals surface area contributed by atoms with E-state index in [1.165, 1.54) is 0 Å². The van der Waals surface area contributed by atoms with Crippen molar-refractivity contribution < 1.29 is 9.50 Å². The molecule has 0 unspecified atom stereocenters. The van der Waals surface area contributed by atoms with Gasteiger partial charge in [0, 0.05) is 5.56 Å². The predicted octanol–water partition coefficient (Wildman–Crippen LogP) is 2.83. The molecule has 14 heavy (non-hydrogen) atoms. The molecule has 0 fully saturated rings. The molecule has 2 nitrogen and oxygen atoms in total. The van der Waals surface area contributed by atoms with Crippen molar-refractivity contribution in [1.82, 2.24) is 0 Å². The van der Waals surface area contributed by atoms with Gasteiger partial charge in [0.25, 0.3) is 0 Å². The van der Waals surface area contributed by atoms with E-state index in [4.69, 9.17) is 5.26 Å². The number of phenolic OH excluding ortho intramolecular Hbond substituents is 1. The van der Waals surface area contributed by atoms with Crippen molar-refractivity contribution in [2.45, 2.75) is 26.7 Å². The Hall–Kier alpha value is -1.56. The number of halogens is 1. The number of rotatable bonds is 1. The summed E-state index contributed by atoms with van der Waals surface area (Å²) in [5, 5.41) is 18.3. The van der Waals surface area contributed by atoms with Gasteiger partial charge in [-0.2, -0.15) is 5.26 Å². The molecule has 3 heteroatoms. The number of benzene rings is 1. The van der Waals surface area contributed by atoms with Crippen LogP contribution >= 0.6 is 0 Å². The molecule has 1 N–H and O–H groups in total. The second kappa shape index (κ2) is 3.67. The standard InChI is InChI=1S/C11H12FNO/c1-6(2)10-7(3)9(12)4-8(5-13)11(10)14/h4,6,14H,1-3H3. The molecule has 1 aromatic carbocycles. The highest BCUT2D eigenvalue weighted by atomic mass is 19.1. The summed E-state index contributed by atoms with van der Waals surface area (Å²) in [5.74, 6) is -0.540. The first-order valence-electron chi connectivity index (χ1n) is 4.41. The van der Waals surface area contributed by atoms with Crippen molar-refractivity contribution in [3.05, 3.63) is 28.6 Å². The fourth-order valence-electron chi connectivity index (χ4n) is 1.55. The average Bonchev–Trinajstić information content (AvgIpc) is 2.11. The summed E-state index contributed by atoms with van der Waals surface area (Å²) in [7, 11) is 0. The lowest BCUT2D eigenvalue weighted by atomic mass is 9.94. The highest BCUT2D eigenvalue weighted by molar-refractivity contribution is 5.52. The summed E-state index contributed by atoms with van der Waals surface area (Å²) in [5.41, 5.74) is 0.926. The third-order valence-corrected chi connectivity index (χ3v) is 2.24. The fraction of sp³-hybridized carbons (Fsp3) is 0.364. The summed E-state index contributed by atoms with van der Waals surface area (Å²) in [6.07, 6.45) is 0. The molecule has 0 aromatic heterocycles. The number of aromatic hydroxyl groups is 1. The Labute approximate surface area is 82.6 Å². The van der Waals surface area contributed by atoms with Crippen molar-refractivity contribution in [1.29, 1.82) is 5.26 Å². The summed E-state index contributed by atoms with van der Waals surface area (Å²) in [4.78, 5) is 0. The van der Waals surface area contributed by atoms with Gasteiger partial charge in [0.2, 0.25) is 0 Å². The van der Waals surface area contributed by atoms with Crippen molar-refractivity contribution in [2.75, 3.05) is 0 Å². The van der Waals surface area contributed by atoms with E-state index in [0.29, 0.717) is 11.1 Å². The maximum absolute atomic E-state index is 13.3. The van der Waals surface area contributed by atoms with Gasteiger partial charge in [-0.1, -0.05) is 13.8 Å². The molecule has 0 saturated heterocycles. The Balaban J connectivity index is 3.55. The maximum Gasteiger partial charge on any atom is 0.137 e. The Morgan fingerprint density at radius 1 is 1.50 bits per heavy atom. The molecule has 1 rings (SSSR count). The van der Waals surface area contributed by atoms with E-state index in [-0.39, 0.29) is 17.2 Å². The van der Waals surface area contributed by atoms with Gasteiger partial charge in [0.1, 0.15) is 17.6 Å². The Morgan fingerprint density at radius 3 is 2.50 bits per heavy atom. The number of phenols is 1. The predicted molar refractivity (Wildman–Crippen MR) is 51.6 cm³/mol. The molecule has 0 atom stereocenters. The molecule has 74 valence electrons. The van der Waals surface area contributed by atoms with Crippen molar-refractivity contribution in [2.24, 2.45) is 0 Å². The first-order chi connectivity index (χ1) is 6.49. The minimum Gasteiger partial charge on any atom is -0.506 e. The molecular weight excluding hydrogens is 181 g/mol. The van der Waals surface area contributed by atoms with Gasteiger partial charge >= 0.3 is 0 Å². The largest absolute Gasteiger partial charge is 0.506 e. The normalized spacial score (nSPS) is 10.3. The van der Waals surface area contributed by atoms with E-state index < -0.39 is 5.82 Å². The second-order valence-corrected chi connectivity index (χ2v) is 3.56. The molecule has 0 bridgehead atoms. The van der Waals surface area contributed by atoms with Crippen LogP contribution in [0.4, 0.5) is 4.39 Å². The fourth-order valence-corrected chi connectivity index (χ4v) is 1.55. The summed E-state index contributed by atoms with van der Waals surface area (Å²) >= 11 is 0. The Morgan fingerprint density at radius 2 is 2.07 bits per heavy atom. The topological polar surface area (TPSA) is 44.0 Å². The Bertz CT molecular complexity index is 405. The van der Waals surface area contributed by atoms with E-state index in [9.17, 15) is 9.50 Å². The van der Waals surface area contributed by atoms with E-state index in [2.05, 4.69) is 0 Å². The summed E-state index contributed by atoms with van der Waals surface area (Å²) in [6.45, 7) is 5.30. The van der Waals surface area contributed by atoms with Crippen LogP contribution in [0.25, 0.3) is 0 Å². The number of nitriles is 1. The third-order valence-electron chi connectivity index (χ3n) is 2.24. The lowest BCUT2D eigenvalue weighted by Crippen LogP contribution is -1.98. The summed E-state index contributed by atoms with van der Waals surface area (Å²) in [6, 6.07) is 2.83. The molecule has 0 aliphatic heterocycles. The van der Waals surface area contributed by atoms with Crippen LogP contribution in [0.2, 0.25) is 0 Å². The maximum atomic E-state index is 13.3. The van der Waals surface area contributed by atoms with Gasteiger partial charge in [0.05, 0.1) is 5.56 Å². The molecule has 0 heterocycles. The lowest BCUT2D eigenvalue weighted by Gasteiger charge is -2.13. The first-order valence-corrected chi connectivity index (χ1v) is 4.41. The van der Waals surface area contributed by atoms with Gasteiger partial charge in [-0.3, -0.25) is 0 Å². The van der Waals surface area contributed by atoms with E-state index in [0.717, 1.165) is 6.07 Å². The zero-order chi connectivity index (χ0) is 10.9. The van der Waals surface area contributed by atoms with Gasteiger partial charge in [-0.05, 0) is 24.5 Å². The molecule has 0 amide bonds. The first kappa shape index (κ1) is 10.5. The van der Waals surface area contributed by atoms with E-state index in [1.807, 2.05) is 13.8 Å². The van der Waals surface area contributed by atoms with Crippen LogP contribution in [-0.4, -0.2) is 5.11 Å². The van der Waals surface area contributed by atoms with Crippen LogP contribution in [0.3, 0.4) is 0 Å². The molecule has 0 radical (unpaired) electrons. The number of hydrogen-bond donors (Lipinski definition) is 1. The quantitative estimate of drug-likeness (QED) is 0.745. The van der Waals surface area contributed by atoms with Gasteiger partial charge in [0.15, 0.2) is 0 Å². The average molecular weight is 193 g/mol. The smallest absolute Gasteiger partial charge is 0.137 e. The minimum atomic E-state index is -0.442. The second-order valence-electron chi connectivity index (χ2n) is 3.56. The molecular formula is C11H12FNO. The zero-order valence-corrected chi connectivity index (χ0v) is 8.43. The number of nitrogens with zero attached hydrogens (tertiary/aromatic N) is 1. The van der Waals surface area contributed by atoms with E-state index >= 15 is 0 Å². The van der Waals surface area contributed by atoms with Gasteiger partial charge in [-0.15, -0.1) is 0 Å². The van der Waals surface area contributed by atoms with Crippen LogP contribution in [0, 0.1) is 24.1 Å². The van der Waals surface area contributed by atoms with Crippen molar-refractivity contribution in [3.8, 4) is 11.8 Å². The highest BCUT2D eigenvalue weighted by Gasteiger charge is 2.16. The zero-order valence-electron chi connectivity index (χ0n) is 8.43. The monoisotopic (exact) mass is 193 g/mol. The lowest BCUT2D eigenvalue weighted by molar-refractivity contribution is 0.458. The SMILES string of the molecule is Cc1c(F)cc(C#N)c(O)c1C(C)C. The molecule has 0 spiro atoms. The van der Waals surface area contributed by atoms with Crippen LogP contribution in [0.1, 0.15) is 36.5 Å². The molecule has 0 aliphatic carbocycles. The number of hydrogen-bond acceptors (Lipinski definition) is 2. The molecule has 0 saturated carbocycles. The third kappa shape index (κ3) is 1.56. The van der Waals surface area contributed by atoms with Crippen LogP contribution < -0.4 is 0 Å². The van der Waals surface area contributed by atoms with Gasteiger partial charge in [-0.25, -0.2) is 4.39 Å². The molecule has 1 aromatic rings. The van der Waals surface area contributed by atoms with Crippen LogP contribution in [0.5, 0.6) is 5.75 Å².